The van der Waals surface area contributed by atoms with Crippen molar-refractivity contribution in [2.45, 2.75) is 45.3 Å². The van der Waals surface area contributed by atoms with Crippen molar-refractivity contribution < 1.29 is 24.5 Å². The van der Waals surface area contributed by atoms with Crippen LogP contribution in [0.1, 0.15) is 28.3 Å². The Morgan fingerprint density at radius 1 is 1.46 bits per heavy atom. The SMILES string of the molecule is [2H]C[C@H]1O[C@@H](n2cnc3c(=O)[nH]c(NC(=O)C(C)C)nc32)C2O[PH](=O)OC21. The molecule has 2 aliphatic heterocycles. The highest BCUT2D eigenvalue weighted by atomic mass is 31.1. The lowest BCUT2D eigenvalue weighted by Gasteiger charge is -2.17. The second-order valence-electron chi connectivity index (χ2n) is 6.36. The number of ether oxygens (including phenoxy) is 1. The molecule has 3 unspecified atom stereocenters. The Morgan fingerprint density at radius 2 is 2.23 bits per heavy atom. The molecule has 0 bridgehead atoms. The number of imidazole rings is 1. The standard InChI is InChI=1S/C14H18N5O6P/c1-5(2)11(20)17-14-16-10-7(12(21)18-14)15-4-19(10)13-9-8(6(3)23-13)24-26(22)25-9/h4-6,8-9,13,26H,1-3H3,(H2,16,17,18,20,21)/t6-,8?,9?,13-/m1/s1/i3D. The van der Waals surface area contributed by atoms with E-state index in [1.165, 1.54) is 10.9 Å². The molecule has 2 N–H and O–H groups in total. The third-order valence-corrected chi connectivity index (χ3v) is 5.15. The maximum atomic E-state index is 12.3. The molecule has 26 heavy (non-hydrogen) atoms. The number of aromatic amines is 1. The van der Waals surface area contributed by atoms with Gasteiger partial charge in [-0.2, -0.15) is 4.98 Å². The molecule has 0 saturated carbocycles. The first-order valence-electron chi connectivity index (χ1n) is 8.69. The summed E-state index contributed by atoms with van der Waals surface area (Å²) in [5.41, 5.74) is -0.303. The molecule has 4 heterocycles. The van der Waals surface area contributed by atoms with Gasteiger partial charge in [-0.3, -0.25) is 33.5 Å². The number of aromatic nitrogens is 4. The van der Waals surface area contributed by atoms with Crippen molar-refractivity contribution in [2.75, 3.05) is 5.32 Å². The van der Waals surface area contributed by atoms with Crippen LogP contribution in [0.3, 0.4) is 0 Å². The van der Waals surface area contributed by atoms with E-state index in [-0.39, 0.29) is 35.8 Å². The minimum atomic E-state index is -2.67. The van der Waals surface area contributed by atoms with Crippen molar-refractivity contribution >= 4 is 31.3 Å². The molecule has 2 aliphatic rings. The Bertz CT molecular complexity index is 977. The lowest BCUT2D eigenvalue weighted by atomic mass is 10.1. The topological polar surface area (TPSA) is 137 Å². The van der Waals surface area contributed by atoms with Gasteiger partial charge in [0.2, 0.25) is 11.9 Å². The lowest BCUT2D eigenvalue weighted by Crippen LogP contribution is -2.27. The fourth-order valence-corrected chi connectivity index (χ4v) is 3.92. The Morgan fingerprint density at radius 3 is 2.96 bits per heavy atom. The van der Waals surface area contributed by atoms with Gasteiger partial charge in [-0.05, 0) is 6.90 Å². The summed E-state index contributed by atoms with van der Waals surface area (Å²) < 4.78 is 37.1. The van der Waals surface area contributed by atoms with Crippen LogP contribution in [0.5, 0.6) is 0 Å². The van der Waals surface area contributed by atoms with E-state index in [1.54, 1.807) is 13.8 Å². The smallest absolute Gasteiger partial charge is 0.320 e. The van der Waals surface area contributed by atoms with Gasteiger partial charge in [0.15, 0.2) is 17.4 Å². The minimum Gasteiger partial charge on any atom is -0.349 e. The number of H-pyrrole nitrogens is 1. The summed E-state index contributed by atoms with van der Waals surface area (Å²) in [7, 11) is -2.67. The fraction of sp³-hybridized carbons (Fsp3) is 0.571. The quantitative estimate of drug-likeness (QED) is 0.742. The van der Waals surface area contributed by atoms with Crippen LogP contribution < -0.4 is 10.9 Å². The second kappa shape index (κ2) is 6.27. The molecule has 0 radical (unpaired) electrons. The molecular weight excluding hydrogens is 365 g/mol. The average molecular weight is 384 g/mol. The van der Waals surface area contributed by atoms with Crippen molar-refractivity contribution in [2.24, 2.45) is 5.92 Å². The van der Waals surface area contributed by atoms with Gasteiger partial charge >= 0.3 is 8.25 Å². The van der Waals surface area contributed by atoms with E-state index in [4.69, 9.17) is 15.2 Å². The first kappa shape index (κ1) is 16.1. The van der Waals surface area contributed by atoms with E-state index < -0.39 is 38.4 Å². The molecule has 2 fully saturated rings. The highest BCUT2D eigenvalue weighted by Crippen LogP contribution is 2.49. The third-order valence-electron chi connectivity index (χ3n) is 4.22. The third kappa shape index (κ3) is 2.77. The molecular formula is C14H18N5O6P. The van der Waals surface area contributed by atoms with Crippen LogP contribution in [-0.4, -0.2) is 43.7 Å². The van der Waals surface area contributed by atoms with E-state index in [0.29, 0.717) is 0 Å². The Labute approximate surface area is 149 Å². The van der Waals surface area contributed by atoms with Gasteiger partial charge in [0, 0.05) is 7.29 Å². The molecule has 2 saturated heterocycles. The highest BCUT2D eigenvalue weighted by molar-refractivity contribution is 7.33. The summed E-state index contributed by atoms with van der Waals surface area (Å²) in [6, 6.07) is 0. The second-order valence-corrected chi connectivity index (χ2v) is 7.33. The van der Waals surface area contributed by atoms with Gasteiger partial charge in [-0.25, -0.2) is 4.98 Å². The van der Waals surface area contributed by atoms with Gasteiger partial charge in [-0.1, -0.05) is 13.8 Å². The zero-order valence-corrected chi connectivity index (χ0v) is 15.0. The van der Waals surface area contributed by atoms with E-state index in [1.807, 2.05) is 0 Å². The molecule has 12 heteroatoms. The lowest BCUT2D eigenvalue weighted by molar-refractivity contribution is -0.118. The summed E-state index contributed by atoms with van der Waals surface area (Å²) in [5.74, 6) is -0.618. The number of nitrogens with one attached hydrogen (secondary N) is 2. The molecule has 5 atom stereocenters. The molecule has 2 aromatic heterocycles. The number of carbonyl (C=O) groups excluding carboxylic acids is 1. The average Bonchev–Trinajstić information content (AvgIpc) is 3.27. The Kier molecular flexibility index (Phi) is 3.89. The molecule has 0 aromatic carbocycles. The maximum Gasteiger partial charge on any atom is 0.320 e. The number of anilines is 1. The zero-order valence-electron chi connectivity index (χ0n) is 15.0. The van der Waals surface area contributed by atoms with Crippen LogP contribution in [0, 0.1) is 5.92 Å². The molecule has 11 nitrogen and oxygen atoms in total. The monoisotopic (exact) mass is 384 g/mol. The number of carbonyl (C=O) groups is 1. The summed E-state index contributed by atoms with van der Waals surface area (Å²) >= 11 is 0. The van der Waals surface area contributed by atoms with Crippen molar-refractivity contribution in [3.05, 3.63) is 16.7 Å². The summed E-state index contributed by atoms with van der Waals surface area (Å²) in [4.78, 5) is 35.0. The fourth-order valence-electron chi connectivity index (χ4n) is 2.88. The highest BCUT2D eigenvalue weighted by Gasteiger charge is 2.51. The van der Waals surface area contributed by atoms with Gasteiger partial charge in [0.1, 0.15) is 12.2 Å². The summed E-state index contributed by atoms with van der Waals surface area (Å²) in [6.45, 7) is 3.32. The minimum absolute atomic E-state index is 0.0169. The van der Waals surface area contributed by atoms with E-state index in [2.05, 4.69) is 20.3 Å². The number of amides is 1. The van der Waals surface area contributed by atoms with Gasteiger partial charge in [0.05, 0.1) is 12.4 Å². The number of hydrogen-bond acceptors (Lipinski definition) is 8. The summed E-state index contributed by atoms with van der Waals surface area (Å²) in [5, 5.41) is 2.54. The molecule has 0 aliphatic carbocycles. The maximum absolute atomic E-state index is 12.3. The summed E-state index contributed by atoms with van der Waals surface area (Å²) in [6.07, 6.45) is -1.43. The molecule has 2 aromatic rings. The Balaban J connectivity index is 1.74. The largest absolute Gasteiger partial charge is 0.349 e. The van der Waals surface area contributed by atoms with Crippen molar-refractivity contribution in [3.63, 3.8) is 0 Å². The normalized spacial score (nSPS) is 31.3. The zero-order chi connectivity index (χ0) is 19.3. The van der Waals surface area contributed by atoms with Crippen molar-refractivity contribution in [1.82, 2.24) is 19.5 Å². The van der Waals surface area contributed by atoms with Crippen molar-refractivity contribution in [1.29, 1.82) is 0 Å². The number of fused-ring (bicyclic) bond motifs is 2. The van der Waals surface area contributed by atoms with E-state index in [9.17, 15) is 14.2 Å². The van der Waals surface area contributed by atoms with Crippen LogP contribution in [0.25, 0.3) is 11.2 Å². The number of hydrogen-bond donors (Lipinski definition) is 2. The molecule has 0 spiro atoms. The molecule has 1 amide bonds. The van der Waals surface area contributed by atoms with Gasteiger partial charge in [0.25, 0.3) is 5.56 Å². The van der Waals surface area contributed by atoms with Crippen LogP contribution >= 0.6 is 8.25 Å². The van der Waals surface area contributed by atoms with Gasteiger partial charge in [-0.15, -0.1) is 0 Å². The van der Waals surface area contributed by atoms with Crippen LogP contribution in [0.2, 0.25) is 0 Å². The first-order valence-corrected chi connectivity index (χ1v) is 9.21. The molecule has 4 rings (SSSR count). The number of rotatable bonds is 3. The number of nitrogens with zero attached hydrogens (tertiary/aromatic N) is 3. The first-order chi connectivity index (χ1) is 12.9. The molecule has 140 valence electrons. The van der Waals surface area contributed by atoms with Crippen molar-refractivity contribution in [3.8, 4) is 0 Å². The van der Waals surface area contributed by atoms with Crippen LogP contribution in [0.4, 0.5) is 5.95 Å². The predicted molar refractivity (Wildman–Crippen MR) is 89.9 cm³/mol. The van der Waals surface area contributed by atoms with Gasteiger partial charge < -0.3 is 9.26 Å². The van der Waals surface area contributed by atoms with E-state index in [0.717, 1.165) is 0 Å². The van der Waals surface area contributed by atoms with E-state index >= 15 is 0 Å². The van der Waals surface area contributed by atoms with Crippen LogP contribution in [-0.2, 0) is 23.1 Å². The Hall–Kier alpha value is -2.07. The van der Waals surface area contributed by atoms with Crippen LogP contribution in [0.15, 0.2) is 11.1 Å². The predicted octanol–water partition coefficient (Wildman–Crippen LogP) is 0.805.